The number of nitrogens with zero attached hydrogens (tertiary/aromatic N) is 2. The summed E-state index contributed by atoms with van der Waals surface area (Å²) in [7, 11) is 0. The zero-order valence-electron chi connectivity index (χ0n) is 6.54. The maximum Gasteiger partial charge on any atom is 0.291 e. The Labute approximate surface area is 72.9 Å². The van der Waals surface area contributed by atoms with Gasteiger partial charge in [0.15, 0.2) is 0 Å². The second-order valence-corrected chi connectivity index (χ2v) is 2.16. The van der Waals surface area contributed by atoms with Gasteiger partial charge in [-0.2, -0.15) is 0 Å². The van der Waals surface area contributed by atoms with Crippen molar-refractivity contribution in [1.29, 1.82) is 0 Å². The molecule has 2 N–H and O–H groups in total. The van der Waals surface area contributed by atoms with E-state index in [1.165, 1.54) is 0 Å². The van der Waals surface area contributed by atoms with E-state index in [1.54, 1.807) is 6.33 Å². The summed E-state index contributed by atoms with van der Waals surface area (Å²) in [6, 6.07) is 7.94. The van der Waals surface area contributed by atoms with Crippen LogP contribution in [0.15, 0.2) is 30.6 Å². The van der Waals surface area contributed by atoms with Gasteiger partial charge in [-0.3, -0.25) is 0 Å². The molecule has 2 aromatic rings. The molecular formula is C7H7N3O3. The quantitative estimate of drug-likeness (QED) is 0.472. The molecule has 1 aromatic carbocycles. The lowest BCUT2D eigenvalue weighted by molar-refractivity contribution is -0.742. The van der Waals surface area contributed by atoms with Crippen LogP contribution in [0.3, 0.4) is 0 Å². The summed E-state index contributed by atoms with van der Waals surface area (Å²) < 4.78 is 0. The van der Waals surface area contributed by atoms with Gasteiger partial charge in [-0.15, -0.1) is 10.1 Å². The summed E-state index contributed by atoms with van der Waals surface area (Å²) in [6.07, 6.45) is 1.70. The predicted molar refractivity (Wildman–Crippen MR) is 44.9 cm³/mol. The first kappa shape index (κ1) is 8.98. The van der Waals surface area contributed by atoms with E-state index >= 15 is 0 Å². The highest BCUT2D eigenvalue weighted by atomic mass is 16.9. The number of fused-ring (bicyclic) bond motifs is 1. The molecule has 0 saturated heterocycles. The highest BCUT2D eigenvalue weighted by molar-refractivity contribution is 5.73. The molecule has 6 nitrogen and oxygen atoms in total. The van der Waals surface area contributed by atoms with Gasteiger partial charge in [-0.05, 0) is 12.1 Å². The van der Waals surface area contributed by atoms with E-state index in [0.717, 1.165) is 11.0 Å². The van der Waals surface area contributed by atoms with E-state index in [4.69, 9.17) is 15.3 Å². The Hall–Kier alpha value is -2.11. The van der Waals surface area contributed by atoms with E-state index in [2.05, 4.69) is 9.97 Å². The molecular weight excluding hydrogens is 174 g/mol. The maximum absolute atomic E-state index is 8.36. The van der Waals surface area contributed by atoms with Crippen molar-refractivity contribution in [3.63, 3.8) is 0 Å². The highest BCUT2D eigenvalue weighted by Gasteiger charge is 1.88. The first-order valence-corrected chi connectivity index (χ1v) is 3.41. The summed E-state index contributed by atoms with van der Waals surface area (Å²) in [6.45, 7) is 0. The monoisotopic (exact) mass is 181 g/mol. The van der Waals surface area contributed by atoms with Crippen LogP contribution in [0.4, 0.5) is 0 Å². The molecule has 2 rings (SSSR count). The summed E-state index contributed by atoms with van der Waals surface area (Å²) in [5, 5.41) is 13.6. The number of nitrogens with one attached hydrogen (secondary N) is 1. The van der Waals surface area contributed by atoms with Gasteiger partial charge in [-0.1, -0.05) is 12.1 Å². The van der Waals surface area contributed by atoms with Crippen molar-refractivity contribution in [2.24, 2.45) is 0 Å². The number of hydrogen-bond donors (Lipinski definition) is 2. The Morgan fingerprint density at radius 2 is 2.08 bits per heavy atom. The fraction of sp³-hybridized carbons (Fsp3) is 0. The van der Waals surface area contributed by atoms with E-state index < -0.39 is 5.09 Å². The summed E-state index contributed by atoms with van der Waals surface area (Å²) in [4.78, 5) is 15.4. The van der Waals surface area contributed by atoms with Crippen LogP contribution in [0.25, 0.3) is 11.0 Å². The minimum atomic E-state index is -1.50. The van der Waals surface area contributed by atoms with Crippen LogP contribution in [0, 0.1) is 10.1 Å². The molecule has 13 heavy (non-hydrogen) atoms. The maximum atomic E-state index is 8.36. The SMILES string of the molecule is O=[N+]([O-])O.c1ccc2[nH]cnc2c1. The van der Waals surface area contributed by atoms with E-state index in [9.17, 15) is 0 Å². The van der Waals surface area contributed by atoms with Gasteiger partial charge in [0.2, 0.25) is 0 Å². The number of hydrogen-bond acceptors (Lipinski definition) is 3. The second-order valence-electron chi connectivity index (χ2n) is 2.16. The normalized spacial score (nSPS) is 8.92. The Kier molecular flexibility index (Phi) is 2.80. The minimum absolute atomic E-state index is 1.03. The number of imidazole rings is 1. The fourth-order valence-corrected chi connectivity index (χ4v) is 0.880. The van der Waals surface area contributed by atoms with Crippen LogP contribution in [0.1, 0.15) is 0 Å². The molecule has 0 saturated carbocycles. The van der Waals surface area contributed by atoms with Gasteiger partial charge in [0.05, 0.1) is 17.4 Å². The van der Waals surface area contributed by atoms with Crippen molar-refractivity contribution in [3.8, 4) is 0 Å². The van der Waals surface area contributed by atoms with Crippen LogP contribution >= 0.6 is 0 Å². The minimum Gasteiger partial charge on any atom is -0.345 e. The van der Waals surface area contributed by atoms with Crippen molar-refractivity contribution in [1.82, 2.24) is 9.97 Å². The summed E-state index contributed by atoms with van der Waals surface area (Å²) in [5.74, 6) is 0. The molecule has 6 heteroatoms. The molecule has 0 spiro atoms. The van der Waals surface area contributed by atoms with Gasteiger partial charge >= 0.3 is 0 Å². The Bertz CT molecular complexity index is 364. The van der Waals surface area contributed by atoms with Crippen LogP contribution in [-0.4, -0.2) is 20.3 Å². The first-order valence-electron chi connectivity index (χ1n) is 3.41. The Morgan fingerprint density at radius 3 is 2.69 bits per heavy atom. The summed E-state index contributed by atoms with van der Waals surface area (Å²) in [5.41, 5.74) is 2.12. The third-order valence-corrected chi connectivity index (χ3v) is 1.33. The van der Waals surface area contributed by atoms with Gasteiger partial charge in [0.1, 0.15) is 0 Å². The smallest absolute Gasteiger partial charge is 0.291 e. The number of benzene rings is 1. The fourth-order valence-electron chi connectivity index (χ4n) is 0.880. The van der Waals surface area contributed by atoms with Crippen molar-refractivity contribution < 1.29 is 10.3 Å². The van der Waals surface area contributed by atoms with Crippen LogP contribution in [0.5, 0.6) is 0 Å². The largest absolute Gasteiger partial charge is 0.345 e. The average Bonchev–Trinajstić information content (AvgIpc) is 2.49. The molecule has 0 aliphatic rings. The third-order valence-electron chi connectivity index (χ3n) is 1.33. The highest BCUT2D eigenvalue weighted by Crippen LogP contribution is 2.05. The lowest BCUT2D eigenvalue weighted by Crippen LogP contribution is -1.81. The lowest BCUT2D eigenvalue weighted by Gasteiger charge is -1.81. The molecule has 1 aromatic heterocycles. The topological polar surface area (TPSA) is 92.0 Å². The molecule has 0 atom stereocenters. The van der Waals surface area contributed by atoms with Gasteiger partial charge < -0.3 is 10.2 Å². The first-order chi connectivity index (χ1) is 6.20. The molecule has 0 amide bonds. The Balaban J connectivity index is 0.000000184. The van der Waals surface area contributed by atoms with Crippen LogP contribution in [0.2, 0.25) is 0 Å². The zero-order valence-corrected chi connectivity index (χ0v) is 6.54. The number of rotatable bonds is 0. The van der Waals surface area contributed by atoms with Gasteiger partial charge in [0.25, 0.3) is 5.09 Å². The van der Waals surface area contributed by atoms with E-state index in [0.29, 0.717) is 0 Å². The van der Waals surface area contributed by atoms with Crippen molar-refractivity contribution in [2.45, 2.75) is 0 Å². The average molecular weight is 181 g/mol. The zero-order chi connectivity index (χ0) is 9.68. The second kappa shape index (κ2) is 4.05. The molecule has 1 heterocycles. The van der Waals surface area contributed by atoms with E-state index in [1.807, 2.05) is 24.3 Å². The standard InChI is InChI=1S/C7H6N2.HNO3/c1-2-4-7-6(3-1)8-5-9-7;2-1(3)4/h1-5H,(H,8,9);(H,2,3,4). The number of H-pyrrole nitrogens is 1. The summed E-state index contributed by atoms with van der Waals surface area (Å²) >= 11 is 0. The van der Waals surface area contributed by atoms with Gasteiger partial charge in [-0.25, -0.2) is 4.98 Å². The molecule has 0 bridgehead atoms. The molecule has 0 unspecified atom stereocenters. The van der Waals surface area contributed by atoms with Crippen LogP contribution in [-0.2, 0) is 0 Å². The predicted octanol–water partition coefficient (Wildman–Crippen LogP) is 1.22. The van der Waals surface area contributed by atoms with E-state index in [-0.39, 0.29) is 0 Å². The molecule has 0 fully saturated rings. The lowest BCUT2D eigenvalue weighted by atomic mass is 10.3. The third kappa shape index (κ3) is 2.78. The molecule has 0 aliphatic carbocycles. The molecule has 68 valence electrons. The molecule has 0 aliphatic heterocycles. The molecule has 0 radical (unpaired) electrons. The van der Waals surface area contributed by atoms with Crippen molar-refractivity contribution >= 4 is 11.0 Å². The number of aromatic amines is 1. The van der Waals surface area contributed by atoms with Crippen molar-refractivity contribution in [3.05, 3.63) is 40.7 Å². The van der Waals surface area contributed by atoms with Gasteiger partial charge in [0, 0.05) is 0 Å². The number of aromatic nitrogens is 2. The van der Waals surface area contributed by atoms with Crippen LogP contribution < -0.4 is 0 Å². The Morgan fingerprint density at radius 1 is 1.46 bits per heavy atom. The van der Waals surface area contributed by atoms with Crippen molar-refractivity contribution in [2.75, 3.05) is 0 Å². The number of para-hydroxylation sites is 2.